The minimum Gasteiger partial charge on any atom is -0.271 e. The van der Waals surface area contributed by atoms with E-state index in [0.717, 1.165) is 12.8 Å². The molecule has 1 aromatic heterocycles. The molecule has 19 heavy (non-hydrogen) atoms. The highest BCUT2D eigenvalue weighted by molar-refractivity contribution is 5.30. The maximum absolute atomic E-state index is 5.71. The van der Waals surface area contributed by atoms with Gasteiger partial charge in [0.05, 0.1) is 0 Å². The van der Waals surface area contributed by atoms with Gasteiger partial charge >= 0.3 is 0 Å². The summed E-state index contributed by atoms with van der Waals surface area (Å²) in [7, 11) is 0. The van der Waals surface area contributed by atoms with Gasteiger partial charge in [0.15, 0.2) is 0 Å². The van der Waals surface area contributed by atoms with Crippen LogP contribution in [0.3, 0.4) is 0 Å². The van der Waals surface area contributed by atoms with E-state index in [0.29, 0.717) is 0 Å². The highest BCUT2D eigenvalue weighted by Gasteiger charge is 2.10. The number of benzene rings is 1. The highest BCUT2D eigenvalue weighted by atomic mass is 15.2. The van der Waals surface area contributed by atoms with Crippen LogP contribution >= 0.6 is 0 Å². The first-order valence-corrected chi connectivity index (χ1v) is 6.62. The van der Waals surface area contributed by atoms with Crippen molar-refractivity contribution in [2.75, 3.05) is 0 Å². The van der Waals surface area contributed by atoms with E-state index in [1.807, 2.05) is 12.4 Å². The first-order chi connectivity index (χ1) is 9.19. The predicted molar refractivity (Wildman–Crippen MR) is 78.5 cm³/mol. The summed E-state index contributed by atoms with van der Waals surface area (Å²) in [5.74, 6) is 5.71. The van der Waals surface area contributed by atoms with Gasteiger partial charge in [-0.25, -0.2) is 0 Å². The summed E-state index contributed by atoms with van der Waals surface area (Å²) in [6.45, 7) is 4.24. The van der Waals surface area contributed by atoms with Gasteiger partial charge in [-0.05, 0) is 49.9 Å². The van der Waals surface area contributed by atoms with Crippen LogP contribution in [0.4, 0.5) is 0 Å². The molecule has 1 heterocycles. The zero-order valence-electron chi connectivity index (χ0n) is 11.6. The third-order valence-corrected chi connectivity index (χ3v) is 3.32. The number of nitrogens with zero attached hydrogens (tertiary/aromatic N) is 1. The Labute approximate surface area is 114 Å². The zero-order valence-corrected chi connectivity index (χ0v) is 11.6. The second-order valence-electron chi connectivity index (χ2n) is 5.03. The first-order valence-electron chi connectivity index (χ1n) is 6.62. The Morgan fingerprint density at radius 3 is 2.32 bits per heavy atom. The first kappa shape index (κ1) is 13.7. The SMILES string of the molecule is Cc1cc(C)cc(C(CCc2ccncc2)NN)c1. The van der Waals surface area contributed by atoms with Crippen molar-refractivity contribution >= 4 is 0 Å². The van der Waals surface area contributed by atoms with Crippen LogP contribution in [-0.4, -0.2) is 4.98 Å². The van der Waals surface area contributed by atoms with E-state index in [2.05, 4.69) is 54.6 Å². The molecule has 0 spiro atoms. The molecule has 3 heteroatoms. The van der Waals surface area contributed by atoms with E-state index in [1.54, 1.807) is 0 Å². The molecule has 0 saturated carbocycles. The van der Waals surface area contributed by atoms with Gasteiger partial charge in [0.2, 0.25) is 0 Å². The van der Waals surface area contributed by atoms with E-state index >= 15 is 0 Å². The van der Waals surface area contributed by atoms with Crippen LogP contribution in [0.15, 0.2) is 42.7 Å². The number of hydrazine groups is 1. The Morgan fingerprint density at radius 1 is 1.11 bits per heavy atom. The second kappa shape index (κ2) is 6.45. The maximum atomic E-state index is 5.71. The van der Waals surface area contributed by atoms with Crippen molar-refractivity contribution in [3.63, 3.8) is 0 Å². The lowest BCUT2D eigenvalue weighted by atomic mass is 9.97. The molecular weight excluding hydrogens is 234 g/mol. The fourth-order valence-corrected chi connectivity index (χ4v) is 2.42. The number of aryl methyl sites for hydroxylation is 3. The van der Waals surface area contributed by atoms with Crippen LogP contribution in [-0.2, 0) is 6.42 Å². The van der Waals surface area contributed by atoms with Crippen molar-refractivity contribution in [1.82, 2.24) is 10.4 Å². The smallest absolute Gasteiger partial charge is 0.0463 e. The monoisotopic (exact) mass is 255 g/mol. The number of hydrogen-bond donors (Lipinski definition) is 2. The fraction of sp³-hybridized carbons (Fsp3) is 0.312. The molecule has 0 saturated heterocycles. The fourth-order valence-electron chi connectivity index (χ4n) is 2.42. The third kappa shape index (κ3) is 3.88. The molecule has 1 atom stereocenters. The highest BCUT2D eigenvalue weighted by Crippen LogP contribution is 2.21. The van der Waals surface area contributed by atoms with Crippen LogP contribution < -0.4 is 11.3 Å². The number of nitrogens with one attached hydrogen (secondary N) is 1. The summed E-state index contributed by atoms with van der Waals surface area (Å²) in [6.07, 6.45) is 5.63. The molecule has 0 amide bonds. The molecule has 0 aliphatic rings. The van der Waals surface area contributed by atoms with Gasteiger partial charge in [-0.1, -0.05) is 29.3 Å². The summed E-state index contributed by atoms with van der Waals surface area (Å²) in [4.78, 5) is 4.03. The van der Waals surface area contributed by atoms with Crippen molar-refractivity contribution in [3.8, 4) is 0 Å². The van der Waals surface area contributed by atoms with Gasteiger partial charge in [-0.3, -0.25) is 16.3 Å². The van der Waals surface area contributed by atoms with Gasteiger partial charge in [-0.2, -0.15) is 0 Å². The van der Waals surface area contributed by atoms with Crippen molar-refractivity contribution in [1.29, 1.82) is 0 Å². The van der Waals surface area contributed by atoms with E-state index in [-0.39, 0.29) is 6.04 Å². The molecule has 0 bridgehead atoms. The van der Waals surface area contributed by atoms with Gasteiger partial charge in [0.25, 0.3) is 0 Å². The Balaban J connectivity index is 2.07. The minimum absolute atomic E-state index is 0.187. The van der Waals surface area contributed by atoms with Crippen LogP contribution in [0.1, 0.15) is 34.7 Å². The number of nitrogens with two attached hydrogens (primary N) is 1. The molecule has 2 rings (SSSR count). The Hall–Kier alpha value is -1.71. The van der Waals surface area contributed by atoms with Crippen LogP contribution in [0.25, 0.3) is 0 Å². The van der Waals surface area contributed by atoms with Crippen molar-refractivity contribution < 1.29 is 0 Å². The Morgan fingerprint density at radius 2 is 1.74 bits per heavy atom. The molecule has 0 aliphatic heterocycles. The summed E-state index contributed by atoms with van der Waals surface area (Å²) in [5.41, 5.74) is 8.03. The third-order valence-electron chi connectivity index (χ3n) is 3.32. The van der Waals surface area contributed by atoms with Gasteiger partial charge < -0.3 is 0 Å². The second-order valence-corrected chi connectivity index (χ2v) is 5.03. The molecule has 3 nitrogen and oxygen atoms in total. The van der Waals surface area contributed by atoms with Crippen molar-refractivity contribution in [2.45, 2.75) is 32.7 Å². The van der Waals surface area contributed by atoms with E-state index in [4.69, 9.17) is 5.84 Å². The lowest BCUT2D eigenvalue weighted by Gasteiger charge is -2.17. The lowest BCUT2D eigenvalue weighted by Crippen LogP contribution is -2.28. The Bertz CT molecular complexity index is 503. The van der Waals surface area contributed by atoms with Crippen LogP contribution in [0.5, 0.6) is 0 Å². The zero-order chi connectivity index (χ0) is 13.7. The Kier molecular flexibility index (Phi) is 4.66. The number of hydrogen-bond acceptors (Lipinski definition) is 3. The van der Waals surface area contributed by atoms with E-state index < -0.39 is 0 Å². The maximum Gasteiger partial charge on any atom is 0.0463 e. The standard InChI is InChI=1S/C16H21N3/c1-12-9-13(2)11-15(10-12)16(19-17)4-3-14-5-7-18-8-6-14/h5-11,16,19H,3-4,17H2,1-2H3. The normalized spacial score (nSPS) is 12.4. The lowest BCUT2D eigenvalue weighted by molar-refractivity contribution is 0.516. The number of aromatic nitrogens is 1. The molecule has 0 aliphatic carbocycles. The molecule has 2 aromatic rings. The molecular formula is C16H21N3. The van der Waals surface area contributed by atoms with Gasteiger partial charge in [0.1, 0.15) is 0 Å². The van der Waals surface area contributed by atoms with Crippen LogP contribution in [0, 0.1) is 13.8 Å². The van der Waals surface area contributed by atoms with Gasteiger partial charge in [0, 0.05) is 18.4 Å². The van der Waals surface area contributed by atoms with Crippen LogP contribution in [0.2, 0.25) is 0 Å². The molecule has 100 valence electrons. The molecule has 1 aromatic carbocycles. The minimum atomic E-state index is 0.187. The average Bonchev–Trinajstić information content (AvgIpc) is 2.39. The summed E-state index contributed by atoms with van der Waals surface area (Å²) >= 11 is 0. The summed E-state index contributed by atoms with van der Waals surface area (Å²) in [6, 6.07) is 10.9. The van der Waals surface area contributed by atoms with Crippen molar-refractivity contribution in [2.24, 2.45) is 5.84 Å². The number of pyridine rings is 1. The average molecular weight is 255 g/mol. The number of rotatable bonds is 5. The molecule has 1 unspecified atom stereocenters. The van der Waals surface area contributed by atoms with Gasteiger partial charge in [-0.15, -0.1) is 0 Å². The van der Waals surface area contributed by atoms with E-state index in [9.17, 15) is 0 Å². The summed E-state index contributed by atoms with van der Waals surface area (Å²) < 4.78 is 0. The quantitative estimate of drug-likeness (QED) is 0.638. The van der Waals surface area contributed by atoms with Crippen molar-refractivity contribution in [3.05, 3.63) is 65.0 Å². The molecule has 0 radical (unpaired) electrons. The van der Waals surface area contributed by atoms with E-state index in [1.165, 1.54) is 22.3 Å². The summed E-state index contributed by atoms with van der Waals surface area (Å²) in [5, 5.41) is 0. The molecule has 0 fully saturated rings. The molecule has 3 N–H and O–H groups in total. The largest absolute Gasteiger partial charge is 0.271 e. The topological polar surface area (TPSA) is 50.9 Å². The predicted octanol–water partition coefficient (Wildman–Crippen LogP) is 2.84.